The Morgan fingerprint density at radius 3 is 2.38 bits per heavy atom. The van der Waals surface area contributed by atoms with Crippen LogP contribution in [-0.4, -0.2) is 27.8 Å². The molecule has 2 heterocycles. The van der Waals surface area contributed by atoms with Crippen LogP contribution in [0.25, 0.3) is 32.6 Å². The van der Waals surface area contributed by atoms with Gasteiger partial charge in [-0.1, -0.05) is 83.6 Å². The molecule has 3 aromatic carbocycles. The van der Waals surface area contributed by atoms with Gasteiger partial charge in [0.2, 0.25) is 0 Å². The van der Waals surface area contributed by atoms with Crippen LogP contribution in [0.15, 0.2) is 78.9 Å². The summed E-state index contributed by atoms with van der Waals surface area (Å²) < 4.78 is 6.37. The fourth-order valence-electron chi connectivity index (χ4n) is 3.66. The lowest BCUT2D eigenvalue weighted by molar-refractivity contribution is 0.0528. The minimum Gasteiger partial charge on any atom is -0.462 e. The summed E-state index contributed by atoms with van der Waals surface area (Å²) >= 11 is 7.54. The summed E-state index contributed by atoms with van der Waals surface area (Å²) in [7, 11) is 0. The molecule has 0 radical (unpaired) electrons. The van der Waals surface area contributed by atoms with Gasteiger partial charge in [-0.2, -0.15) is 0 Å². The molecule has 0 fully saturated rings. The van der Waals surface area contributed by atoms with Gasteiger partial charge >= 0.3 is 5.97 Å². The summed E-state index contributed by atoms with van der Waals surface area (Å²) in [5.41, 5.74) is 4.02. The van der Waals surface area contributed by atoms with Crippen LogP contribution >= 0.6 is 22.9 Å². The van der Waals surface area contributed by atoms with Gasteiger partial charge in [0.1, 0.15) is 11.3 Å². The summed E-state index contributed by atoms with van der Waals surface area (Å²) in [6, 6.07) is 24.8. The molecule has 0 spiro atoms. The van der Waals surface area contributed by atoms with Gasteiger partial charge in [-0.05, 0) is 30.7 Å². The van der Waals surface area contributed by atoms with Crippen molar-refractivity contribution in [3.63, 3.8) is 0 Å². The fraction of sp³-hybridized carbons (Fsp3) is 0.0769. The number of halogens is 1. The molecule has 0 atom stereocenters. The molecule has 5 aromatic rings. The van der Waals surface area contributed by atoms with E-state index in [0.717, 1.165) is 21.3 Å². The molecule has 168 valence electrons. The summed E-state index contributed by atoms with van der Waals surface area (Å²) in [6.45, 7) is 2.01. The maximum Gasteiger partial charge on any atom is 0.342 e. The van der Waals surface area contributed by atoms with Gasteiger partial charge in [0.15, 0.2) is 10.9 Å². The molecule has 6 nitrogen and oxygen atoms in total. The summed E-state index contributed by atoms with van der Waals surface area (Å²) in [6.07, 6.45) is 0. The monoisotopic (exact) mass is 486 g/mol. The lowest BCUT2D eigenvalue weighted by Crippen LogP contribution is -2.13. The van der Waals surface area contributed by atoms with E-state index in [1.54, 1.807) is 13.0 Å². The third-order valence-corrected chi connectivity index (χ3v) is 6.31. The summed E-state index contributed by atoms with van der Waals surface area (Å²) in [5, 5.41) is 13.3. The van der Waals surface area contributed by atoms with Crippen molar-refractivity contribution in [2.24, 2.45) is 0 Å². The Labute approximate surface area is 205 Å². The molecule has 8 heteroatoms. The normalized spacial score (nSPS) is 10.9. The van der Waals surface area contributed by atoms with E-state index in [2.05, 4.69) is 20.5 Å². The smallest absolute Gasteiger partial charge is 0.342 e. The van der Waals surface area contributed by atoms with E-state index in [0.29, 0.717) is 27.0 Å². The Kier molecular flexibility index (Phi) is 6.20. The third kappa shape index (κ3) is 4.35. The van der Waals surface area contributed by atoms with Crippen molar-refractivity contribution in [3.05, 3.63) is 89.4 Å². The zero-order valence-corrected chi connectivity index (χ0v) is 19.7. The van der Waals surface area contributed by atoms with Gasteiger partial charge < -0.3 is 10.1 Å². The Balaban J connectivity index is 1.72. The quantitative estimate of drug-likeness (QED) is 0.260. The van der Waals surface area contributed by atoms with Crippen LogP contribution in [0, 0.1) is 0 Å². The maximum absolute atomic E-state index is 13.3. The SMILES string of the molecule is CCOC(=O)c1c(Nc2nc3ccc(Cl)cc3s2)nnc(-c2ccccc2)c1-c1ccccc1. The van der Waals surface area contributed by atoms with Gasteiger partial charge in [-0.25, -0.2) is 9.78 Å². The van der Waals surface area contributed by atoms with E-state index in [9.17, 15) is 4.79 Å². The average molecular weight is 487 g/mol. The van der Waals surface area contributed by atoms with Gasteiger partial charge in [-0.15, -0.1) is 10.2 Å². The number of aromatic nitrogens is 3. The van der Waals surface area contributed by atoms with Crippen molar-refractivity contribution < 1.29 is 9.53 Å². The number of hydrogen-bond donors (Lipinski definition) is 1. The van der Waals surface area contributed by atoms with Crippen LogP contribution < -0.4 is 5.32 Å². The van der Waals surface area contributed by atoms with Crippen LogP contribution in [0.2, 0.25) is 5.02 Å². The first-order chi connectivity index (χ1) is 16.6. The number of thiazole rings is 1. The second-order valence-corrected chi connectivity index (χ2v) is 8.82. The molecule has 0 unspecified atom stereocenters. The Morgan fingerprint density at radius 1 is 0.971 bits per heavy atom. The molecule has 1 N–H and O–H groups in total. The first-order valence-corrected chi connectivity index (χ1v) is 11.8. The zero-order chi connectivity index (χ0) is 23.5. The Hall–Kier alpha value is -3.81. The van der Waals surface area contributed by atoms with E-state index < -0.39 is 5.97 Å². The van der Waals surface area contributed by atoms with Crippen LogP contribution in [0.5, 0.6) is 0 Å². The minimum atomic E-state index is -0.486. The van der Waals surface area contributed by atoms with Crippen LogP contribution in [-0.2, 0) is 4.74 Å². The second-order valence-electron chi connectivity index (χ2n) is 7.36. The van der Waals surface area contributed by atoms with Gasteiger partial charge in [-0.3, -0.25) is 0 Å². The van der Waals surface area contributed by atoms with Crippen LogP contribution in [0.3, 0.4) is 0 Å². The van der Waals surface area contributed by atoms with Crippen molar-refractivity contribution >= 4 is 50.1 Å². The number of esters is 1. The molecule has 0 saturated heterocycles. The third-order valence-electron chi connectivity index (χ3n) is 5.14. The molecule has 0 saturated carbocycles. The standard InChI is InChI=1S/C26H19ClN4O2S/c1-2-33-25(32)22-21(16-9-5-3-6-10-16)23(17-11-7-4-8-12-17)30-31-24(22)29-26-28-19-14-13-18(27)15-20(19)34-26/h3-15H,2H2,1H3,(H,28,29,31). The molecule has 0 amide bonds. The number of anilines is 2. The Morgan fingerprint density at radius 2 is 1.68 bits per heavy atom. The molecule has 2 aromatic heterocycles. The lowest BCUT2D eigenvalue weighted by Gasteiger charge is -2.16. The number of rotatable bonds is 6. The first kappa shape index (κ1) is 22.0. The number of carbonyl (C=O) groups is 1. The molecular weight excluding hydrogens is 468 g/mol. The van der Waals surface area contributed by atoms with Crippen molar-refractivity contribution in [3.8, 4) is 22.4 Å². The molecular formula is C26H19ClN4O2S. The highest BCUT2D eigenvalue weighted by molar-refractivity contribution is 7.22. The Bertz CT molecular complexity index is 1470. The molecule has 34 heavy (non-hydrogen) atoms. The van der Waals surface area contributed by atoms with Gasteiger partial charge in [0, 0.05) is 16.1 Å². The van der Waals surface area contributed by atoms with Gasteiger partial charge in [0.05, 0.1) is 16.8 Å². The predicted molar refractivity (Wildman–Crippen MR) is 137 cm³/mol. The van der Waals surface area contributed by atoms with Crippen LogP contribution in [0.1, 0.15) is 17.3 Å². The predicted octanol–water partition coefficient (Wildman–Crippen LogP) is 6.99. The first-order valence-electron chi connectivity index (χ1n) is 10.7. The highest BCUT2D eigenvalue weighted by Crippen LogP contribution is 2.38. The second kappa shape index (κ2) is 9.59. The molecule has 0 aliphatic rings. The number of hydrogen-bond acceptors (Lipinski definition) is 7. The van der Waals surface area contributed by atoms with E-state index in [4.69, 9.17) is 16.3 Å². The van der Waals surface area contributed by atoms with E-state index in [1.807, 2.05) is 72.8 Å². The van der Waals surface area contributed by atoms with Crippen LogP contribution in [0.4, 0.5) is 10.9 Å². The van der Waals surface area contributed by atoms with E-state index in [-0.39, 0.29) is 12.4 Å². The highest BCUT2D eigenvalue weighted by atomic mass is 35.5. The topological polar surface area (TPSA) is 77.0 Å². The van der Waals surface area contributed by atoms with Crippen molar-refractivity contribution in [1.29, 1.82) is 0 Å². The molecule has 5 rings (SSSR count). The van der Waals surface area contributed by atoms with Crippen molar-refractivity contribution in [2.75, 3.05) is 11.9 Å². The largest absolute Gasteiger partial charge is 0.462 e. The van der Waals surface area contributed by atoms with Crippen molar-refractivity contribution in [1.82, 2.24) is 15.2 Å². The number of ether oxygens (including phenoxy) is 1. The number of nitrogens with zero attached hydrogens (tertiary/aromatic N) is 3. The summed E-state index contributed by atoms with van der Waals surface area (Å²) in [4.78, 5) is 17.9. The number of carbonyl (C=O) groups excluding carboxylic acids is 1. The average Bonchev–Trinajstić information content (AvgIpc) is 3.26. The summed E-state index contributed by atoms with van der Waals surface area (Å²) in [5.74, 6) is -0.206. The highest BCUT2D eigenvalue weighted by Gasteiger charge is 2.26. The maximum atomic E-state index is 13.3. The van der Waals surface area contributed by atoms with E-state index in [1.165, 1.54) is 11.3 Å². The molecule has 0 aliphatic carbocycles. The number of benzene rings is 3. The van der Waals surface area contributed by atoms with Gasteiger partial charge in [0.25, 0.3) is 0 Å². The number of nitrogens with one attached hydrogen (secondary N) is 1. The lowest BCUT2D eigenvalue weighted by atomic mass is 9.95. The number of fused-ring (bicyclic) bond motifs is 1. The van der Waals surface area contributed by atoms with E-state index >= 15 is 0 Å². The molecule has 0 aliphatic heterocycles. The molecule has 0 bridgehead atoms. The zero-order valence-electron chi connectivity index (χ0n) is 18.2. The minimum absolute atomic E-state index is 0.231. The fourth-order valence-corrected chi connectivity index (χ4v) is 4.80. The van der Waals surface area contributed by atoms with Crippen molar-refractivity contribution in [2.45, 2.75) is 6.92 Å².